The van der Waals surface area contributed by atoms with E-state index < -0.39 is 7.72 Å². The zero-order chi connectivity index (χ0) is 8.04. The van der Waals surface area contributed by atoms with E-state index in [0.29, 0.717) is 0 Å². The minimum Gasteiger partial charge on any atom is -0.207 e. The Morgan fingerprint density at radius 1 is 1.00 bits per heavy atom. The molecule has 0 aliphatic heterocycles. The molecular formula is C7H18O2P+. The zero-order valence-corrected chi connectivity index (χ0v) is 8.28. The van der Waals surface area contributed by atoms with Crippen LogP contribution in [0.25, 0.3) is 0 Å². The van der Waals surface area contributed by atoms with Crippen molar-refractivity contribution in [2.24, 2.45) is 0 Å². The molecule has 3 heteroatoms. The van der Waals surface area contributed by atoms with Crippen molar-refractivity contribution in [3.05, 3.63) is 0 Å². The summed E-state index contributed by atoms with van der Waals surface area (Å²) in [5, 5.41) is 0. The smallest absolute Gasteiger partial charge is 0.207 e. The Hall–Kier alpha value is 0.350. The molecule has 0 rings (SSSR count). The maximum atomic E-state index is 5.51. The van der Waals surface area contributed by atoms with E-state index in [9.17, 15) is 0 Å². The fourth-order valence-corrected chi connectivity index (χ4v) is 2.30. The molecule has 2 nitrogen and oxygen atoms in total. The fraction of sp³-hybridized carbons (Fsp3) is 1.00. The summed E-state index contributed by atoms with van der Waals surface area (Å²) in [6.07, 6.45) is 1.01. The monoisotopic (exact) mass is 165 g/mol. The summed E-state index contributed by atoms with van der Waals surface area (Å²) in [5.41, 5.74) is 0. The molecule has 0 amide bonds. The standard InChI is InChI=1S/C7H18O2P/c1-5-8-10(4,7-3)9-6-2/h5-7H2,1-4H3/q+1. The van der Waals surface area contributed by atoms with Gasteiger partial charge in [-0.15, -0.1) is 0 Å². The molecule has 10 heavy (non-hydrogen) atoms. The van der Waals surface area contributed by atoms with Crippen LogP contribution in [-0.4, -0.2) is 26.0 Å². The van der Waals surface area contributed by atoms with Crippen molar-refractivity contribution < 1.29 is 9.05 Å². The molecule has 0 spiro atoms. The Kier molecular flexibility index (Phi) is 5.24. The van der Waals surface area contributed by atoms with E-state index in [2.05, 4.69) is 13.6 Å². The van der Waals surface area contributed by atoms with Crippen molar-refractivity contribution in [2.45, 2.75) is 20.8 Å². The first-order valence-corrected chi connectivity index (χ1v) is 6.08. The highest BCUT2D eigenvalue weighted by Gasteiger charge is 2.31. The lowest BCUT2D eigenvalue weighted by Crippen LogP contribution is -2.03. The van der Waals surface area contributed by atoms with Crippen molar-refractivity contribution in [1.29, 1.82) is 0 Å². The number of hydrogen-bond donors (Lipinski definition) is 0. The van der Waals surface area contributed by atoms with Gasteiger partial charge in [-0.1, -0.05) is 0 Å². The van der Waals surface area contributed by atoms with Crippen molar-refractivity contribution in [2.75, 3.05) is 26.0 Å². The van der Waals surface area contributed by atoms with E-state index in [1.54, 1.807) is 0 Å². The van der Waals surface area contributed by atoms with Crippen LogP contribution in [0.2, 0.25) is 0 Å². The second kappa shape index (κ2) is 5.06. The van der Waals surface area contributed by atoms with Gasteiger partial charge < -0.3 is 0 Å². The van der Waals surface area contributed by atoms with E-state index in [1.165, 1.54) is 0 Å². The Balaban J connectivity index is 3.69. The van der Waals surface area contributed by atoms with Crippen molar-refractivity contribution >= 4 is 7.72 Å². The fourth-order valence-electron chi connectivity index (χ4n) is 0.766. The normalized spacial score (nSPS) is 12.0. The highest BCUT2D eigenvalue weighted by molar-refractivity contribution is 7.65. The van der Waals surface area contributed by atoms with Crippen molar-refractivity contribution in [3.63, 3.8) is 0 Å². The third kappa shape index (κ3) is 3.50. The van der Waals surface area contributed by atoms with E-state index in [4.69, 9.17) is 9.05 Å². The molecule has 62 valence electrons. The lowest BCUT2D eigenvalue weighted by molar-refractivity contribution is 0.254. The largest absolute Gasteiger partial charge is 0.271 e. The summed E-state index contributed by atoms with van der Waals surface area (Å²) >= 11 is 0. The summed E-state index contributed by atoms with van der Waals surface area (Å²) < 4.78 is 11.0. The van der Waals surface area contributed by atoms with Crippen LogP contribution >= 0.6 is 7.72 Å². The molecule has 0 saturated heterocycles. The van der Waals surface area contributed by atoms with Gasteiger partial charge in [0.1, 0.15) is 12.8 Å². The van der Waals surface area contributed by atoms with Crippen LogP contribution in [0.15, 0.2) is 0 Å². The Morgan fingerprint density at radius 3 is 1.60 bits per heavy atom. The maximum Gasteiger partial charge on any atom is 0.271 e. The average molecular weight is 165 g/mol. The quantitative estimate of drug-likeness (QED) is 0.583. The Morgan fingerprint density at radius 2 is 1.40 bits per heavy atom. The van der Waals surface area contributed by atoms with Gasteiger partial charge in [0, 0.05) is 0 Å². The van der Waals surface area contributed by atoms with Gasteiger partial charge in [0.25, 0.3) is 7.72 Å². The molecule has 0 aromatic heterocycles. The SMILES string of the molecule is CCO[P+](C)(CC)OCC. The predicted molar refractivity (Wildman–Crippen MR) is 46.6 cm³/mol. The Bertz CT molecular complexity index is 79.7. The molecule has 0 atom stereocenters. The van der Waals surface area contributed by atoms with Gasteiger partial charge in [-0.3, -0.25) is 0 Å². The van der Waals surface area contributed by atoms with E-state index in [1.807, 2.05) is 13.8 Å². The molecule has 0 N–H and O–H groups in total. The van der Waals surface area contributed by atoms with Gasteiger partial charge in [0.2, 0.25) is 0 Å². The summed E-state index contributed by atoms with van der Waals surface area (Å²) in [4.78, 5) is 0. The number of rotatable bonds is 5. The van der Waals surface area contributed by atoms with Crippen LogP contribution in [-0.2, 0) is 9.05 Å². The molecule has 0 aliphatic rings. The highest BCUT2D eigenvalue weighted by Crippen LogP contribution is 2.56. The molecule has 0 aromatic carbocycles. The van der Waals surface area contributed by atoms with Crippen LogP contribution < -0.4 is 0 Å². The van der Waals surface area contributed by atoms with Crippen LogP contribution in [0.4, 0.5) is 0 Å². The molecular weight excluding hydrogens is 147 g/mol. The van der Waals surface area contributed by atoms with Gasteiger partial charge in [0.05, 0.1) is 13.2 Å². The molecule has 0 fully saturated rings. The van der Waals surface area contributed by atoms with E-state index in [0.717, 1.165) is 19.4 Å². The van der Waals surface area contributed by atoms with Crippen LogP contribution in [0.3, 0.4) is 0 Å². The van der Waals surface area contributed by atoms with Crippen LogP contribution in [0.1, 0.15) is 20.8 Å². The average Bonchev–Trinajstić information content (AvgIpc) is 1.89. The summed E-state index contributed by atoms with van der Waals surface area (Å²) in [7, 11) is -1.45. The molecule has 0 bridgehead atoms. The molecule has 0 radical (unpaired) electrons. The first-order valence-electron chi connectivity index (χ1n) is 3.83. The Labute approximate surface area is 64.4 Å². The van der Waals surface area contributed by atoms with Gasteiger partial charge in [-0.2, -0.15) is 0 Å². The maximum absolute atomic E-state index is 5.51. The summed E-state index contributed by atoms with van der Waals surface area (Å²) in [6.45, 7) is 9.73. The third-order valence-electron chi connectivity index (χ3n) is 1.38. The van der Waals surface area contributed by atoms with Gasteiger partial charge in [-0.25, -0.2) is 9.05 Å². The molecule has 0 aliphatic carbocycles. The third-order valence-corrected chi connectivity index (χ3v) is 4.14. The molecule has 0 aromatic rings. The zero-order valence-electron chi connectivity index (χ0n) is 7.39. The van der Waals surface area contributed by atoms with Gasteiger partial charge >= 0.3 is 0 Å². The van der Waals surface area contributed by atoms with Crippen LogP contribution in [0, 0.1) is 0 Å². The summed E-state index contributed by atoms with van der Waals surface area (Å²) in [5.74, 6) is 0. The van der Waals surface area contributed by atoms with E-state index in [-0.39, 0.29) is 0 Å². The minimum atomic E-state index is -1.45. The second-order valence-electron chi connectivity index (χ2n) is 2.17. The molecule has 0 heterocycles. The first-order chi connectivity index (χ1) is 4.68. The highest BCUT2D eigenvalue weighted by atomic mass is 31.2. The van der Waals surface area contributed by atoms with Gasteiger partial charge in [0.15, 0.2) is 0 Å². The van der Waals surface area contributed by atoms with E-state index >= 15 is 0 Å². The molecule has 0 saturated carbocycles. The number of hydrogen-bond acceptors (Lipinski definition) is 2. The minimum absolute atomic E-state index is 0.762. The van der Waals surface area contributed by atoms with Gasteiger partial charge in [-0.05, 0) is 20.8 Å². The van der Waals surface area contributed by atoms with Crippen molar-refractivity contribution in [3.8, 4) is 0 Å². The first kappa shape index (κ1) is 10.3. The topological polar surface area (TPSA) is 18.5 Å². The summed E-state index contributed by atoms with van der Waals surface area (Å²) in [6, 6.07) is 0. The predicted octanol–water partition coefficient (Wildman–Crippen LogP) is 2.56. The lowest BCUT2D eigenvalue weighted by atomic mass is 10.9. The molecule has 0 unspecified atom stereocenters. The second-order valence-corrected chi connectivity index (χ2v) is 5.34. The van der Waals surface area contributed by atoms with Crippen molar-refractivity contribution in [1.82, 2.24) is 0 Å². The lowest BCUT2D eigenvalue weighted by Gasteiger charge is -2.16. The van der Waals surface area contributed by atoms with Crippen LogP contribution in [0.5, 0.6) is 0 Å².